The molecule has 0 amide bonds. The lowest BCUT2D eigenvalue weighted by atomic mass is 9.99. The lowest BCUT2D eigenvalue weighted by molar-refractivity contribution is -0.161. The number of aliphatic hydroxyl groups excluding tert-OH is 1. The highest BCUT2D eigenvalue weighted by atomic mass is 31.2. The van der Waals surface area contributed by atoms with Crippen molar-refractivity contribution in [1.82, 2.24) is 0 Å². The Bertz CT molecular complexity index is 2170. The van der Waals surface area contributed by atoms with Crippen LogP contribution in [-0.2, 0) is 65.4 Å². The van der Waals surface area contributed by atoms with Crippen molar-refractivity contribution in [1.29, 1.82) is 0 Å². The summed E-state index contributed by atoms with van der Waals surface area (Å²) in [5, 5.41) is 10.7. The van der Waals surface area contributed by atoms with Gasteiger partial charge in [0, 0.05) is 25.7 Å². The molecule has 0 radical (unpaired) electrons. The van der Waals surface area contributed by atoms with Gasteiger partial charge in [0.2, 0.25) is 0 Å². The highest BCUT2D eigenvalue weighted by molar-refractivity contribution is 7.47. The minimum absolute atomic E-state index is 0.109. The van der Waals surface area contributed by atoms with Crippen LogP contribution in [0.15, 0.2) is 0 Å². The average Bonchev–Trinajstić information content (AvgIpc) is 0.900. The van der Waals surface area contributed by atoms with Gasteiger partial charge in [0.1, 0.15) is 19.3 Å². The first-order valence-electron chi connectivity index (χ1n) is 49.0. The summed E-state index contributed by atoms with van der Waals surface area (Å²) in [6.45, 7) is 9.77. The highest BCUT2D eigenvalue weighted by Gasteiger charge is 2.31. The summed E-state index contributed by atoms with van der Waals surface area (Å²) in [6, 6.07) is 0. The molecule has 114 heavy (non-hydrogen) atoms. The van der Waals surface area contributed by atoms with Gasteiger partial charge in [-0.3, -0.25) is 37.3 Å². The van der Waals surface area contributed by atoms with Crippen LogP contribution in [0.4, 0.5) is 0 Å². The molecule has 17 nitrogen and oxygen atoms in total. The van der Waals surface area contributed by atoms with E-state index in [1.54, 1.807) is 0 Å². The fraction of sp³-hybridized carbons (Fsp3) is 0.958. The summed E-state index contributed by atoms with van der Waals surface area (Å²) in [7, 11) is -9.94. The Morgan fingerprint density at radius 2 is 0.447 bits per heavy atom. The Morgan fingerprint density at radius 1 is 0.254 bits per heavy atom. The molecular formula is C95H186O17P2. The number of rotatable bonds is 94. The summed E-state index contributed by atoms with van der Waals surface area (Å²) in [5.74, 6) is -0.494. The van der Waals surface area contributed by atoms with Crippen molar-refractivity contribution >= 4 is 39.5 Å². The number of carbonyl (C=O) groups is 4. The van der Waals surface area contributed by atoms with Crippen LogP contribution in [0.5, 0.6) is 0 Å². The molecule has 19 heteroatoms. The van der Waals surface area contributed by atoms with Crippen molar-refractivity contribution in [3.05, 3.63) is 0 Å². The summed E-state index contributed by atoms with van der Waals surface area (Å²) in [6.07, 6.45) is 82.1. The zero-order valence-electron chi connectivity index (χ0n) is 75.4. The Kier molecular flexibility index (Phi) is 84.6. The smallest absolute Gasteiger partial charge is 0.462 e. The molecule has 0 spiro atoms. The number of phosphoric acid groups is 2. The number of hydrogen-bond donors (Lipinski definition) is 3. The van der Waals surface area contributed by atoms with Crippen molar-refractivity contribution in [2.45, 2.75) is 535 Å². The molecular weight excluding hydrogens is 1470 g/mol. The van der Waals surface area contributed by atoms with Crippen molar-refractivity contribution in [2.24, 2.45) is 11.8 Å². The van der Waals surface area contributed by atoms with Gasteiger partial charge in [0.25, 0.3) is 0 Å². The van der Waals surface area contributed by atoms with E-state index in [1.165, 1.54) is 334 Å². The average molecular weight is 1660 g/mol. The molecule has 0 heterocycles. The number of esters is 4. The van der Waals surface area contributed by atoms with E-state index in [0.717, 1.165) is 102 Å². The van der Waals surface area contributed by atoms with Crippen LogP contribution < -0.4 is 0 Å². The van der Waals surface area contributed by atoms with E-state index in [-0.39, 0.29) is 25.7 Å². The summed E-state index contributed by atoms with van der Waals surface area (Å²) < 4.78 is 69.2. The van der Waals surface area contributed by atoms with Crippen LogP contribution in [-0.4, -0.2) is 96.7 Å². The number of carbonyl (C=O) groups excluding carboxylic acids is 4. The minimum atomic E-state index is -4.97. The second-order valence-electron chi connectivity index (χ2n) is 34.8. The molecule has 0 saturated heterocycles. The normalized spacial score (nSPS) is 13.9. The van der Waals surface area contributed by atoms with Gasteiger partial charge in [-0.1, -0.05) is 465 Å². The zero-order valence-corrected chi connectivity index (χ0v) is 77.2. The van der Waals surface area contributed by atoms with E-state index in [4.69, 9.17) is 37.0 Å². The van der Waals surface area contributed by atoms with Crippen LogP contribution in [0.25, 0.3) is 0 Å². The van der Waals surface area contributed by atoms with Gasteiger partial charge in [0.15, 0.2) is 12.2 Å². The number of unbranched alkanes of at least 4 members (excludes halogenated alkanes) is 63. The first-order valence-corrected chi connectivity index (χ1v) is 52.0. The van der Waals surface area contributed by atoms with E-state index in [9.17, 15) is 43.2 Å². The predicted molar refractivity (Wildman–Crippen MR) is 474 cm³/mol. The fourth-order valence-electron chi connectivity index (χ4n) is 15.0. The van der Waals surface area contributed by atoms with Gasteiger partial charge in [-0.2, -0.15) is 0 Å². The van der Waals surface area contributed by atoms with Crippen molar-refractivity contribution in [3.8, 4) is 0 Å². The van der Waals surface area contributed by atoms with Gasteiger partial charge in [-0.15, -0.1) is 0 Å². The molecule has 0 aliphatic carbocycles. The quantitative estimate of drug-likeness (QED) is 0.0222. The largest absolute Gasteiger partial charge is 0.472 e. The lowest BCUT2D eigenvalue weighted by Crippen LogP contribution is -2.30. The maximum absolute atomic E-state index is 13.2. The van der Waals surface area contributed by atoms with Crippen molar-refractivity contribution < 1.29 is 80.2 Å². The molecule has 0 aliphatic heterocycles. The Labute approximate surface area is 702 Å². The van der Waals surface area contributed by atoms with Crippen LogP contribution in [0.3, 0.4) is 0 Å². The van der Waals surface area contributed by atoms with Crippen molar-refractivity contribution in [2.75, 3.05) is 39.6 Å². The van der Waals surface area contributed by atoms with Crippen molar-refractivity contribution in [3.63, 3.8) is 0 Å². The topological polar surface area (TPSA) is 237 Å². The molecule has 0 fully saturated rings. The van der Waals surface area contributed by atoms with Crippen LogP contribution in [0.1, 0.15) is 517 Å². The van der Waals surface area contributed by atoms with E-state index in [1.807, 2.05) is 0 Å². The summed E-state index contributed by atoms with van der Waals surface area (Å²) in [4.78, 5) is 73.6. The fourth-order valence-corrected chi connectivity index (χ4v) is 16.6. The number of aliphatic hydroxyl groups is 1. The molecule has 678 valence electrons. The molecule has 3 unspecified atom stereocenters. The molecule has 3 N–H and O–H groups in total. The second kappa shape index (κ2) is 86.0. The predicted octanol–water partition coefficient (Wildman–Crippen LogP) is 29.7. The minimum Gasteiger partial charge on any atom is -0.462 e. The third-order valence-corrected chi connectivity index (χ3v) is 24.7. The third-order valence-electron chi connectivity index (χ3n) is 22.8. The van der Waals surface area contributed by atoms with E-state index >= 15 is 0 Å². The molecule has 0 bridgehead atoms. The number of phosphoric ester groups is 2. The standard InChI is InChI=1S/C95H186O17P2/c1-7-10-12-14-16-18-20-22-24-26-28-30-32-36-40-44-48-52-59-65-71-77-92(97)105-83-90(111-94(99)79-73-68-62-54-50-46-42-38-34-33-35-39-43-47-51-57-63-69-75-87(4)5)85-109-113(101,102)107-81-89(96)82-108-114(103,104)110-86-91(84-106-93(98)78-72-66-60-56-55-58-64-70-76-88(6)9-3)112-95(100)80-74-67-61-53-49-45-41-37-31-29-27-25-23-21-19-17-15-13-11-8-2/h87-91,96H,7-86H2,1-6H3,(H,101,102)(H,103,104)/t88?,89-,90-,91-/m1/s1. The lowest BCUT2D eigenvalue weighted by Gasteiger charge is -2.21. The van der Waals surface area contributed by atoms with Gasteiger partial charge >= 0.3 is 39.5 Å². The van der Waals surface area contributed by atoms with Crippen LogP contribution in [0.2, 0.25) is 0 Å². The Hall–Kier alpha value is -1.94. The maximum atomic E-state index is 13.2. The molecule has 0 rings (SSSR count). The summed E-state index contributed by atoms with van der Waals surface area (Å²) in [5.41, 5.74) is 0. The molecule has 0 aliphatic rings. The Morgan fingerprint density at radius 3 is 0.667 bits per heavy atom. The van der Waals surface area contributed by atoms with Crippen LogP contribution >= 0.6 is 15.6 Å². The molecule has 6 atom stereocenters. The van der Waals surface area contributed by atoms with Gasteiger partial charge in [0.05, 0.1) is 26.4 Å². The first kappa shape index (κ1) is 112. The maximum Gasteiger partial charge on any atom is 0.472 e. The van der Waals surface area contributed by atoms with Crippen LogP contribution in [0, 0.1) is 11.8 Å². The Balaban J connectivity index is 5.24. The molecule has 0 aromatic carbocycles. The zero-order chi connectivity index (χ0) is 83.4. The molecule has 0 saturated carbocycles. The summed E-state index contributed by atoms with van der Waals surface area (Å²) >= 11 is 0. The van der Waals surface area contributed by atoms with E-state index in [0.29, 0.717) is 25.7 Å². The monoisotopic (exact) mass is 1660 g/mol. The molecule has 0 aromatic rings. The van der Waals surface area contributed by atoms with Gasteiger partial charge in [-0.05, 0) is 37.5 Å². The first-order chi connectivity index (χ1) is 55.4. The number of hydrogen-bond acceptors (Lipinski definition) is 15. The SMILES string of the molecule is CCCCCCCCCCCCCCCCCCCCCCCC(=O)OC[C@H](COP(=O)(O)OC[C@@H](O)COP(=O)(O)OC[C@@H](COC(=O)CCCCCCCCCCC(C)CC)OC(=O)CCCCCCCCCCCCCCCCCCCCCC)OC(=O)CCCCCCCCCCCCCCCCCCCCC(C)C. The third kappa shape index (κ3) is 86.4. The van der Waals surface area contributed by atoms with E-state index in [2.05, 4.69) is 41.5 Å². The highest BCUT2D eigenvalue weighted by Crippen LogP contribution is 2.45. The van der Waals surface area contributed by atoms with E-state index < -0.39 is 97.5 Å². The second-order valence-corrected chi connectivity index (χ2v) is 37.7. The van der Waals surface area contributed by atoms with Gasteiger partial charge in [-0.25, -0.2) is 9.13 Å². The van der Waals surface area contributed by atoms with Gasteiger partial charge < -0.3 is 33.8 Å². The molecule has 0 aromatic heterocycles. The number of ether oxygens (including phenoxy) is 4.